The fourth-order valence-electron chi connectivity index (χ4n) is 4.46. The SMILES string of the molecule is C=CCOc1ccc(C2/C(=C(\O)c3cccc(OCCCC)c3)C(=O)C(=O)N2c2nc3ccc(F)cc3s2)cc1. The maximum absolute atomic E-state index is 13.9. The fraction of sp³-hybridized carbons (Fsp3) is 0.194. The average molecular weight is 559 g/mol. The van der Waals surface area contributed by atoms with Gasteiger partial charge in [-0.3, -0.25) is 14.5 Å². The predicted octanol–water partition coefficient (Wildman–Crippen LogP) is 6.81. The summed E-state index contributed by atoms with van der Waals surface area (Å²) in [5.74, 6) is -1.33. The molecule has 7 nitrogen and oxygen atoms in total. The average Bonchev–Trinajstić information content (AvgIpc) is 3.49. The van der Waals surface area contributed by atoms with Gasteiger partial charge in [0.1, 0.15) is 29.7 Å². The van der Waals surface area contributed by atoms with Crippen LogP contribution in [0.5, 0.6) is 11.5 Å². The van der Waals surface area contributed by atoms with E-state index in [0.717, 1.165) is 24.2 Å². The second-order valence-electron chi connectivity index (χ2n) is 9.18. The third-order valence-corrected chi connectivity index (χ3v) is 7.44. The van der Waals surface area contributed by atoms with Crippen LogP contribution in [0, 0.1) is 5.82 Å². The number of aliphatic hydroxyl groups excluding tert-OH is 1. The number of aromatic nitrogens is 1. The lowest BCUT2D eigenvalue weighted by Crippen LogP contribution is -2.29. The molecule has 0 radical (unpaired) electrons. The number of anilines is 1. The molecule has 5 rings (SSSR count). The van der Waals surface area contributed by atoms with Crippen LogP contribution >= 0.6 is 11.3 Å². The van der Waals surface area contributed by atoms with Crippen molar-refractivity contribution in [3.63, 3.8) is 0 Å². The summed E-state index contributed by atoms with van der Waals surface area (Å²) in [6.45, 7) is 6.54. The van der Waals surface area contributed by atoms with Crippen molar-refractivity contribution >= 4 is 44.1 Å². The number of amides is 1. The zero-order valence-electron chi connectivity index (χ0n) is 21.8. The van der Waals surface area contributed by atoms with Crippen molar-refractivity contribution in [2.24, 2.45) is 0 Å². The summed E-state index contributed by atoms with van der Waals surface area (Å²) < 4.78 is 25.8. The van der Waals surface area contributed by atoms with Crippen molar-refractivity contribution < 1.29 is 28.6 Å². The lowest BCUT2D eigenvalue weighted by atomic mass is 9.95. The minimum Gasteiger partial charge on any atom is -0.507 e. The highest BCUT2D eigenvalue weighted by Gasteiger charge is 2.48. The molecule has 1 fully saturated rings. The van der Waals surface area contributed by atoms with Gasteiger partial charge in [-0.2, -0.15) is 0 Å². The molecule has 1 aromatic heterocycles. The van der Waals surface area contributed by atoms with Gasteiger partial charge in [0.2, 0.25) is 0 Å². The van der Waals surface area contributed by atoms with Gasteiger partial charge in [-0.1, -0.05) is 61.6 Å². The quantitative estimate of drug-likeness (QED) is 0.0757. The number of ketones is 1. The van der Waals surface area contributed by atoms with Crippen LogP contribution in [-0.2, 0) is 9.59 Å². The van der Waals surface area contributed by atoms with E-state index in [2.05, 4.69) is 18.5 Å². The van der Waals surface area contributed by atoms with Gasteiger partial charge in [-0.25, -0.2) is 9.37 Å². The van der Waals surface area contributed by atoms with E-state index >= 15 is 0 Å². The van der Waals surface area contributed by atoms with E-state index in [1.807, 2.05) is 0 Å². The van der Waals surface area contributed by atoms with E-state index in [-0.39, 0.29) is 16.5 Å². The number of thiazole rings is 1. The molecule has 9 heteroatoms. The van der Waals surface area contributed by atoms with Gasteiger partial charge in [0.05, 0.1) is 28.4 Å². The van der Waals surface area contributed by atoms with Gasteiger partial charge >= 0.3 is 5.91 Å². The number of hydrogen-bond donors (Lipinski definition) is 1. The van der Waals surface area contributed by atoms with Crippen molar-refractivity contribution in [1.29, 1.82) is 0 Å². The number of benzene rings is 3. The first kappa shape index (κ1) is 27.1. The number of ether oxygens (including phenoxy) is 2. The van der Waals surface area contributed by atoms with Gasteiger partial charge in [0, 0.05) is 5.56 Å². The van der Waals surface area contributed by atoms with Crippen molar-refractivity contribution in [2.75, 3.05) is 18.1 Å². The first-order valence-corrected chi connectivity index (χ1v) is 13.7. The summed E-state index contributed by atoms with van der Waals surface area (Å²) in [6, 6.07) is 16.8. The number of aliphatic hydroxyl groups is 1. The number of nitrogens with zero attached hydrogens (tertiary/aromatic N) is 2. The van der Waals surface area contributed by atoms with Crippen LogP contribution in [0.15, 0.2) is 85.0 Å². The molecule has 40 heavy (non-hydrogen) atoms. The van der Waals surface area contributed by atoms with Crippen LogP contribution in [0.4, 0.5) is 9.52 Å². The molecule has 204 valence electrons. The Morgan fingerprint density at radius 3 is 2.65 bits per heavy atom. The Hall–Kier alpha value is -4.50. The molecule has 1 atom stereocenters. The van der Waals surface area contributed by atoms with Crippen LogP contribution < -0.4 is 14.4 Å². The summed E-state index contributed by atoms with van der Waals surface area (Å²) in [6.07, 6.45) is 3.47. The van der Waals surface area contributed by atoms with Crippen LogP contribution in [0.1, 0.15) is 36.9 Å². The molecule has 1 unspecified atom stereocenters. The normalized spacial score (nSPS) is 16.4. The first-order chi connectivity index (χ1) is 19.4. The predicted molar refractivity (Wildman–Crippen MR) is 153 cm³/mol. The van der Waals surface area contributed by atoms with Crippen LogP contribution in [0.2, 0.25) is 0 Å². The van der Waals surface area contributed by atoms with E-state index in [1.54, 1.807) is 54.6 Å². The van der Waals surface area contributed by atoms with E-state index in [4.69, 9.17) is 9.47 Å². The molecule has 1 saturated heterocycles. The van der Waals surface area contributed by atoms with Gasteiger partial charge in [-0.05, 0) is 54.4 Å². The molecule has 4 aromatic rings. The van der Waals surface area contributed by atoms with E-state index in [1.165, 1.54) is 23.1 Å². The topological polar surface area (TPSA) is 89.0 Å². The third kappa shape index (κ3) is 5.33. The molecule has 0 bridgehead atoms. The lowest BCUT2D eigenvalue weighted by Gasteiger charge is -2.23. The van der Waals surface area contributed by atoms with E-state index in [9.17, 15) is 19.1 Å². The molecular formula is C31H27FN2O5S. The zero-order valence-corrected chi connectivity index (χ0v) is 22.6. The Morgan fingerprint density at radius 1 is 1.10 bits per heavy atom. The Labute approximate surface area is 234 Å². The molecule has 1 amide bonds. The highest BCUT2D eigenvalue weighted by atomic mass is 32.1. The van der Waals surface area contributed by atoms with Crippen LogP contribution in [-0.4, -0.2) is 35.0 Å². The second kappa shape index (κ2) is 11.7. The Balaban J connectivity index is 1.62. The van der Waals surface area contributed by atoms with Gasteiger partial charge in [-0.15, -0.1) is 0 Å². The molecule has 1 N–H and O–H groups in total. The minimum atomic E-state index is -0.983. The standard InChI is InChI=1S/C31H27FN2O5S/c1-3-5-16-39-23-8-6-7-20(17-23)28(35)26-27(19-9-12-22(13-10-19)38-15-4-2)34(30(37)29(26)36)31-33-24-14-11-21(32)18-25(24)40-31/h4,6-14,17-18,27,35H,2-3,5,15-16H2,1H3/b28-26+. The number of rotatable bonds is 10. The molecule has 1 aliphatic heterocycles. The molecule has 1 aliphatic rings. The Morgan fingerprint density at radius 2 is 1.90 bits per heavy atom. The molecule has 0 saturated carbocycles. The van der Waals surface area contributed by atoms with Gasteiger partial charge < -0.3 is 14.6 Å². The molecular weight excluding hydrogens is 531 g/mol. The Kier molecular flexibility index (Phi) is 7.93. The number of carbonyl (C=O) groups is 2. The van der Waals surface area contributed by atoms with E-state index in [0.29, 0.717) is 46.1 Å². The zero-order chi connectivity index (χ0) is 28.2. The summed E-state index contributed by atoms with van der Waals surface area (Å²) in [7, 11) is 0. The van der Waals surface area contributed by atoms with Crippen LogP contribution in [0.3, 0.4) is 0 Å². The summed E-state index contributed by atoms with van der Waals surface area (Å²) in [5, 5.41) is 11.7. The summed E-state index contributed by atoms with van der Waals surface area (Å²) in [4.78, 5) is 32.8. The summed E-state index contributed by atoms with van der Waals surface area (Å²) >= 11 is 1.09. The van der Waals surface area contributed by atoms with Crippen molar-refractivity contribution in [3.8, 4) is 11.5 Å². The van der Waals surface area contributed by atoms with Crippen molar-refractivity contribution in [3.05, 3.63) is 102 Å². The third-order valence-electron chi connectivity index (χ3n) is 6.43. The molecule has 0 aliphatic carbocycles. The van der Waals surface area contributed by atoms with Gasteiger partial charge in [0.25, 0.3) is 5.78 Å². The number of unbranched alkanes of at least 4 members (excludes halogenated alkanes) is 1. The van der Waals surface area contributed by atoms with E-state index < -0.39 is 23.5 Å². The second-order valence-corrected chi connectivity index (χ2v) is 10.2. The highest BCUT2D eigenvalue weighted by Crippen LogP contribution is 2.44. The number of fused-ring (bicyclic) bond motifs is 1. The fourth-order valence-corrected chi connectivity index (χ4v) is 5.48. The number of hydrogen-bond acceptors (Lipinski definition) is 7. The monoisotopic (exact) mass is 558 g/mol. The summed E-state index contributed by atoms with van der Waals surface area (Å²) in [5.41, 5.74) is 1.31. The first-order valence-electron chi connectivity index (χ1n) is 12.8. The Bertz CT molecular complexity index is 1610. The molecule has 2 heterocycles. The maximum Gasteiger partial charge on any atom is 0.301 e. The van der Waals surface area contributed by atoms with Crippen molar-refractivity contribution in [2.45, 2.75) is 25.8 Å². The molecule has 0 spiro atoms. The highest BCUT2D eigenvalue weighted by molar-refractivity contribution is 7.22. The number of halogens is 1. The lowest BCUT2D eigenvalue weighted by molar-refractivity contribution is -0.132. The smallest absolute Gasteiger partial charge is 0.301 e. The maximum atomic E-state index is 13.9. The van der Waals surface area contributed by atoms with Crippen molar-refractivity contribution in [1.82, 2.24) is 4.98 Å². The van der Waals surface area contributed by atoms with Crippen LogP contribution in [0.25, 0.3) is 16.0 Å². The number of Topliss-reactive ketones (excluding diaryl/α,β-unsaturated/α-hetero) is 1. The largest absolute Gasteiger partial charge is 0.507 e. The van der Waals surface area contributed by atoms with Gasteiger partial charge in [0.15, 0.2) is 5.13 Å². The molecule has 3 aromatic carbocycles. The number of carbonyl (C=O) groups excluding carboxylic acids is 2. The minimum absolute atomic E-state index is 0.0825.